The first kappa shape index (κ1) is 29.0. The highest BCUT2D eigenvalue weighted by atomic mass is 19.2. The minimum absolute atomic E-state index is 0.0278. The summed E-state index contributed by atoms with van der Waals surface area (Å²) >= 11 is 0. The normalized spacial score (nSPS) is 10.8. The van der Waals surface area contributed by atoms with E-state index in [1.165, 1.54) is 12.3 Å². The van der Waals surface area contributed by atoms with Crippen molar-refractivity contribution in [3.63, 3.8) is 0 Å². The maximum Gasteiger partial charge on any atom is 0.326 e. The van der Waals surface area contributed by atoms with Gasteiger partial charge in [-0.3, -0.25) is 14.4 Å². The number of carbonyl (C=O) groups is 3. The first-order valence-electron chi connectivity index (χ1n) is 13.2. The van der Waals surface area contributed by atoms with Crippen LogP contribution in [0.25, 0.3) is 22.1 Å². The van der Waals surface area contributed by atoms with Gasteiger partial charge in [-0.1, -0.05) is 54.6 Å². The van der Waals surface area contributed by atoms with E-state index in [1.54, 1.807) is 60.7 Å². The Labute approximate surface area is 245 Å². The largest absolute Gasteiger partial charge is 0.489 e. The molecular formula is C33H26F2N2O6. The third-order valence-corrected chi connectivity index (χ3v) is 6.57. The maximum atomic E-state index is 14.1. The lowest BCUT2D eigenvalue weighted by molar-refractivity contribution is -0.145. The number of benzene rings is 4. The van der Waals surface area contributed by atoms with Crippen LogP contribution in [0.2, 0.25) is 0 Å². The zero-order chi connectivity index (χ0) is 30.3. The molecule has 0 aliphatic rings. The van der Waals surface area contributed by atoms with Crippen molar-refractivity contribution in [2.24, 2.45) is 5.73 Å². The molecular weight excluding hydrogens is 558 g/mol. The Morgan fingerprint density at radius 2 is 1.56 bits per heavy atom. The summed E-state index contributed by atoms with van der Waals surface area (Å²) in [4.78, 5) is 38.3. The van der Waals surface area contributed by atoms with E-state index >= 15 is 0 Å². The van der Waals surface area contributed by atoms with Crippen molar-refractivity contribution in [2.75, 3.05) is 13.1 Å². The van der Waals surface area contributed by atoms with Crippen LogP contribution >= 0.6 is 0 Å². The molecule has 0 saturated heterocycles. The summed E-state index contributed by atoms with van der Waals surface area (Å²) in [6, 6.07) is 24.8. The average molecular weight is 585 g/mol. The molecule has 43 heavy (non-hydrogen) atoms. The van der Waals surface area contributed by atoms with Crippen molar-refractivity contribution in [1.82, 2.24) is 4.90 Å². The third-order valence-electron chi connectivity index (χ3n) is 6.57. The number of ether oxygens (including phenoxy) is 2. The summed E-state index contributed by atoms with van der Waals surface area (Å²) in [5, 5.41) is 0.0585. The molecule has 1 aromatic heterocycles. The van der Waals surface area contributed by atoms with Crippen molar-refractivity contribution in [3.05, 3.63) is 126 Å². The minimum Gasteiger partial charge on any atom is -0.489 e. The van der Waals surface area contributed by atoms with E-state index in [2.05, 4.69) is 0 Å². The van der Waals surface area contributed by atoms with Gasteiger partial charge in [0.15, 0.2) is 11.6 Å². The number of hydrogen-bond donors (Lipinski definition) is 1. The molecule has 5 aromatic rings. The van der Waals surface area contributed by atoms with Crippen LogP contribution in [0.1, 0.15) is 21.5 Å². The van der Waals surface area contributed by atoms with Crippen molar-refractivity contribution in [1.29, 1.82) is 0 Å². The lowest BCUT2D eigenvalue weighted by Crippen LogP contribution is -2.42. The van der Waals surface area contributed by atoms with E-state index in [1.807, 2.05) is 18.2 Å². The highest BCUT2D eigenvalue weighted by Crippen LogP contribution is 2.33. The Morgan fingerprint density at radius 3 is 2.30 bits per heavy atom. The number of furan rings is 1. The van der Waals surface area contributed by atoms with Gasteiger partial charge in [-0.2, -0.15) is 0 Å². The van der Waals surface area contributed by atoms with Crippen LogP contribution < -0.4 is 10.5 Å². The Kier molecular flexibility index (Phi) is 8.76. The zero-order valence-corrected chi connectivity index (χ0v) is 22.8. The molecule has 0 fully saturated rings. The minimum atomic E-state index is -0.975. The Hall–Kier alpha value is -5.51. The number of carbonyl (C=O) groups excluding carboxylic acids is 3. The smallest absolute Gasteiger partial charge is 0.326 e. The molecule has 4 aromatic carbocycles. The van der Waals surface area contributed by atoms with Crippen LogP contribution in [0.4, 0.5) is 8.78 Å². The van der Waals surface area contributed by atoms with E-state index < -0.39 is 42.5 Å². The second-order valence-electron chi connectivity index (χ2n) is 9.67. The molecule has 0 atom stereocenters. The van der Waals surface area contributed by atoms with Crippen LogP contribution in [0.5, 0.6) is 5.75 Å². The van der Waals surface area contributed by atoms with Crippen molar-refractivity contribution in [2.45, 2.75) is 13.2 Å². The number of fused-ring (bicyclic) bond motifs is 1. The molecule has 218 valence electrons. The highest BCUT2D eigenvalue weighted by Gasteiger charge is 2.22. The Balaban J connectivity index is 1.23. The highest BCUT2D eigenvalue weighted by molar-refractivity contribution is 5.98. The molecule has 5 rings (SSSR count). The van der Waals surface area contributed by atoms with Crippen LogP contribution in [0.3, 0.4) is 0 Å². The molecule has 0 saturated carbocycles. The number of amides is 2. The van der Waals surface area contributed by atoms with Gasteiger partial charge in [0.25, 0.3) is 5.91 Å². The quantitative estimate of drug-likeness (QED) is 0.202. The summed E-state index contributed by atoms with van der Waals surface area (Å²) in [5.41, 5.74) is 8.25. The van der Waals surface area contributed by atoms with E-state index in [4.69, 9.17) is 19.6 Å². The Morgan fingerprint density at radius 1 is 0.814 bits per heavy atom. The van der Waals surface area contributed by atoms with Gasteiger partial charge in [0.2, 0.25) is 5.91 Å². The SMILES string of the molecule is NC(=O)CN(CC(=O)OCc1ccccc1)C(=O)c1cccc(COc2ccc(-c3cc(F)c(F)c4ccoc34)cc2)c1. The van der Waals surface area contributed by atoms with E-state index in [0.29, 0.717) is 22.4 Å². The van der Waals surface area contributed by atoms with Crippen LogP contribution in [-0.4, -0.2) is 35.8 Å². The van der Waals surface area contributed by atoms with Gasteiger partial charge in [-0.05, 0) is 53.1 Å². The first-order chi connectivity index (χ1) is 20.8. The number of hydrogen-bond acceptors (Lipinski definition) is 6. The fourth-order valence-corrected chi connectivity index (χ4v) is 4.49. The van der Waals surface area contributed by atoms with Gasteiger partial charge in [-0.25, -0.2) is 8.78 Å². The lowest BCUT2D eigenvalue weighted by Gasteiger charge is -2.20. The fraction of sp³-hybridized carbons (Fsp3) is 0.121. The maximum absolute atomic E-state index is 14.1. The van der Waals surface area contributed by atoms with Crippen LogP contribution in [-0.2, 0) is 27.5 Å². The first-order valence-corrected chi connectivity index (χ1v) is 13.2. The predicted octanol–water partition coefficient (Wildman–Crippen LogP) is 5.63. The van der Waals surface area contributed by atoms with Gasteiger partial charge in [0.05, 0.1) is 11.6 Å². The number of primary amides is 1. The Bertz CT molecular complexity index is 1770. The molecule has 0 radical (unpaired) electrons. The number of nitrogens with two attached hydrogens (primary N) is 1. The topological polar surface area (TPSA) is 112 Å². The fourth-order valence-electron chi connectivity index (χ4n) is 4.49. The average Bonchev–Trinajstić information content (AvgIpc) is 3.51. The molecule has 0 spiro atoms. The number of halogens is 2. The third kappa shape index (κ3) is 7.05. The molecule has 0 unspecified atom stereocenters. The zero-order valence-electron chi connectivity index (χ0n) is 22.8. The van der Waals surface area contributed by atoms with E-state index in [0.717, 1.165) is 16.5 Å². The van der Waals surface area contributed by atoms with Gasteiger partial charge in [0.1, 0.15) is 37.6 Å². The molecule has 2 N–H and O–H groups in total. The van der Waals surface area contributed by atoms with Gasteiger partial charge in [0, 0.05) is 11.1 Å². The standard InChI is InChI=1S/C33H26F2N2O6/c34-28-16-27(32-26(31(28)35)13-14-41-32)23-9-11-25(12-10-23)42-20-22-7-4-8-24(15-22)33(40)37(17-29(36)38)18-30(39)43-19-21-5-2-1-3-6-21/h1-16H,17-20H2,(H2,36,38). The second kappa shape index (κ2) is 13.0. The summed E-state index contributed by atoms with van der Waals surface area (Å²) in [7, 11) is 0. The van der Waals surface area contributed by atoms with Crippen LogP contribution in [0, 0.1) is 11.6 Å². The molecule has 1 heterocycles. The van der Waals surface area contributed by atoms with Gasteiger partial charge < -0.3 is 24.5 Å². The van der Waals surface area contributed by atoms with Crippen molar-refractivity contribution in [3.8, 4) is 16.9 Å². The molecule has 10 heteroatoms. The summed E-state index contributed by atoms with van der Waals surface area (Å²) in [6.45, 7) is -0.790. The monoisotopic (exact) mass is 584 g/mol. The molecule has 8 nitrogen and oxygen atoms in total. The predicted molar refractivity (Wildman–Crippen MR) is 154 cm³/mol. The number of nitrogens with zero attached hydrogens (tertiary/aromatic N) is 1. The number of rotatable bonds is 11. The lowest BCUT2D eigenvalue weighted by atomic mass is 10.0. The summed E-state index contributed by atoms with van der Waals surface area (Å²) in [5.74, 6) is -3.47. The van der Waals surface area contributed by atoms with E-state index in [9.17, 15) is 23.2 Å². The summed E-state index contributed by atoms with van der Waals surface area (Å²) in [6.07, 6.45) is 1.30. The summed E-state index contributed by atoms with van der Waals surface area (Å²) < 4.78 is 44.7. The van der Waals surface area contributed by atoms with Crippen LogP contribution in [0.15, 0.2) is 102 Å². The molecule has 0 aliphatic heterocycles. The molecule has 2 amide bonds. The molecule has 0 aliphatic carbocycles. The van der Waals surface area contributed by atoms with Gasteiger partial charge >= 0.3 is 5.97 Å². The van der Waals surface area contributed by atoms with E-state index in [-0.39, 0.29) is 29.7 Å². The second-order valence-corrected chi connectivity index (χ2v) is 9.67. The molecule has 0 bridgehead atoms. The number of esters is 1. The van der Waals surface area contributed by atoms with Crippen molar-refractivity contribution >= 4 is 28.8 Å². The van der Waals surface area contributed by atoms with Crippen molar-refractivity contribution < 1.29 is 37.1 Å². The van der Waals surface area contributed by atoms with Gasteiger partial charge in [-0.15, -0.1) is 0 Å².